The van der Waals surface area contributed by atoms with Crippen LogP contribution in [0.2, 0.25) is 0 Å². The molecule has 0 spiro atoms. The summed E-state index contributed by atoms with van der Waals surface area (Å²) < 4.78 is 50.0. The molecule has 2 heterocycles. The highest BCUT2D eigenvalue weighted by molar-refractivity contribution is 5.66. The van der Waals surface area contributed by atoms with E-state index in [0.717, 1.165) is 38.5 Å². The Bertz CT molecular complexity index is 915. The highest BCUT2D eigenvalue weighted by atomic mass is 19.1. The van der Waals surface area contributed by atoms with Gasteiger partial charge in [-0.3, -0.25) is 4.79 Å². The van der Waals surface area contributed by atoms with Crippen molar-refractivity contribution in [1.29, 1.82) is 0 Å². The largest absolute Gasteiger partial charge is 0.491 e. The minimum atomic E-state index is -0.804. The average Bonchev–Trinajstić information content (AvgIpc) is 3.27. The van der Waals surface area contributed by atoms with Crippen LogP contribution in [0.1, 0.15) is 70.6 Å². The second-order valence-corrected chi connectivity index (χ2v) is 11.0. The lowest BCUT2D eigenvalue weighted by molar-refractivity contribution is -0.226. The van der Waals surface area contributed by atoms with Gasteiger partial charge in [-0.25, -0.2) is 4.39 Å². The van der Waals surface area contributed by atoms with Gasteiger partial charge in [0, 0.05) is 32.0 Å². The van der Waals surface area contributed by atoms with E-state index in [1.54, 1.807) is 12.1 Å². The number of aliphatic carboxylic acids is 1. The molecular formula is C31H45FO9. The van der Waals surface area contributed by atoms with Gasteiger partial charge in [-0.05, 0) is 82.1 Å². The average molecular weight is 581 g/mol. The SMILES string of the molecule is O=C(O)CCCC=CCC1C(O)CC(OC2CCCCO2)C1OCC(COc1ccc(F)cc1)OC1CCCCO1. The summed E-state index contributed by atoms with van der Waals surface area (Å²) in [4.78, 5) is 10.8. The fourth-order valence-corrected chi connectivity index (χ4v) is 5.55. The van der Waals surface area contributed by atoms with E-state index in [0.29, 0.717) is 44.6 Å². The number of carbonyl (C=O) groups is 1. The van der Waals surface area contributed by atoms with Crippen molar-refractivity contribution in [3.05, 3.63) is 42.2 Å². The van der Waals surface area contributed by atoms with Gasteiger partial charge in [-0.2, -0.15) is 0 Å². The molecule has 1 aromatic rings. The zero-order valence-electron chi connectivity index (χ0n) is 23.7. The van der Waals surface area contributed by atoms with Gasteiger partial charge < -0.3 is 38.6 Å². The first-order valence-corrected chi connectivity index (χ1v) is 15.1. The predicted molar refractivity (Wildman–Crippen MR) is 148 cm³/mol. The lowest BCUT2D eigenvalue weighted by atomic mass is 9.98. The van der Waals surface area contributed by atoms with Crippen LogP contribution in [0.15, 0.2) is 36.4 Å². The molecule has 0 amide bonds. The van der Waals surface area contributed by atoms with E-state index in [1.807, 2.05) is 12.2 Å². The van der Waals surface area contributed by atoms with E-state index < -0.39 is 24.3 Å². The highest BCUT2D eigenvalue weighted by Gasteiger charge is 2.45. The van der Waals surface area contributed by atoms with Gasteiger partial charge in [0.2, 0.25) is 0 Å². The number of hydrogen-bond acceptors (Lipinski definition) is 8. The quantitative estimate of drug-likeness (QED) is 0.206. The van der Waals surface area contributed by atoms with Crippen molar-refractivity contribution in [2.45, 2.75) is 108 Å². The molecule has 2 saturated heterocycles. The summed E-state index contributed by atoms with van der Waals surface area (Å²) in [7, 11) is 0. The number of allylic oxidation sites excluding steroid dienone is 2. The number of unbranched alkanes of at least 4 members (excludes halogenated alkanes) is 1. The van der Waals surface area contributed by atoms with Gasteiger partial charge in [0.1, 0.15) is 24.3 Å². The van der Waals surface area contributed by atoms with Crippen LogP contribution >= 0.6 is 0 Å². The molecule has 0 radical (unpaired) electrons. The van der Waals surface area contributed by atoms with E-state index in [2.05, 4.69) is 0 Å². The lowest BCUT2D eigenvalue weighted by Gasteiger charge is -2.32. The van der Waals surface area contributed by atoms with Gasteiger partial charge in [0.15, 0.2) is 12.6 Å². The molecule has 2 aliphatic heterocycles. The maximum atomic E-state index is 13.4. The third kappa shape index (κ3) is 10.9. The van der Waals surface area contributed by atoms with Crippen molar-refractivity contribution in [1.82, 2.24) is 0 Å². The number of benzene rings is 1. The second-order valence-electron chi connectivity index (χ2n) is 11.0. The Kier molecular flexibility index (Phi) is 13.3. The van der Waals surface area contributed by atoms with E-state index in [1.165, 1.54) is 12.1 Å². The first-order chi connectivity index (χ1) is 20.0. The predicted octanol–water partition coefficient (Wildman–Crippen LogP) is 5.00. The maximum Gasteiger partial charge on any atom is 0.303 e. The fourth-order valence-electron chi connectivity index (χ4n) is 5.55. The van der Waals surface area contributed by atoms with Crippen LogP contribution in [0, 0.1) is 11.7 Å². The summed E-state index contributed by atoms with van der Waals surface area (Å²) in [6.07, 6.45) is 9.51. The first-order valence-electron chi connectivity index (χ1n) is 15.1. The lowest BCUT2D eigenvalue weighted by Crippen LogP contribution is -2.40. The Morgan fingerprint density at radius 1 is 1.02 bits per heavy atom. The minimum absolute atomic E-state index is 0.130. The van der Waals surface area contributed by atoms with Crippen LogP contribution in [0.5, 0.6) is 5.75 Å². The van der Waals surface area contributed by atoms with Gasteiger partial charge >= 0.3 is 5.97 Å². The molecule has 41 heavy (non-hydrogen) atoms. The molecule has 7 atom stereocenters. The number of rotatable bonds is 16. The summed E-state index contributed by atoms with van der Waals surface area (Å²) in [5, 5.41) is 19.9. The molecule has 2 N–H and O–H groups in total. The number of carboxylic acid groups (broad SMARTS) is 1. The number of ether oxygens (including phenoxy) is 6. The number of aliphatic hydroxyl groups is 1. The normalized spacial score (nSPS) is 29.5. The summed E-state index contributed by atoms with van der Waals surface area (Å²) in [5.74, 6) is -0.813. The second kappa shape index (κ2) is 17.1. The van der Waals surface area contributed by atoms with Crippen LogP contribution in [0.3, 0.4) is 0 Å². The molecule has 3 fully saturated rings. The number of halogens is 1. The molecule has 1 aliphatic carbocycles. The molecule has 7 unspecified atom stereocenters. The minimum Gasteiger partial charge on any atom is -0.491 e. The van der Waals surface area contributed by atoms with Crippen LogP contribution in [0.25, 0.3) is 0 Å². The fraction of sp³-hybridized carbons (Fsp3) is 0.710. The van der Waals surface area contributed by atoms with Gasteiger partial charge in [-0.15, -0.1) is 0 Å². The van der Waals surface area contributed by atoms with E-state index in [9.17, 15) is 14.3 Å². The van der Waals surface area contributed by atoms with E-state index >= 15 is 0 Å². The van der Waals surface area contributed by atoms with E-state index in [-0.39, 0.29) is 50.1 Å². The third-order valence-corrected chi connectivity index (χ3v) is 7.76. The van der Waals surface area contributed by atoms with Crippen LogP contribution < -0.4 is 4.74 Å². The van der Waals surface area contributed by atoms with Gasteiger partial charge in [0.05, 0.1) is 24.9 Å². The number of carboxylic acids is 1. The Balaban J connectivity index is 1.40. The highest BCUT2D eigenvalue weighted by Crippen LogP contribution is 2.36. The number of hydrogen-bond donors (Lipinski definition) is 2. The Morgan fingerprint density at radius 2 is 1.76 bits per heavy atom. The summed E-state index contributed by atoms with van der Waals surface area (Å²) in [5.41, 5.74) is 0. The van der Waals surface area contributed by atoms with Crippen molar-refractivity contribution in [3.8, 4) is 5.75 Å². The molecule has 4 rings (SSSR count). The Labute approximate surface area is 241 Å². The van der Waals surface area contributed by atoms with Gasteiger partial charge in [0.25, 0.3) is 0 Å². The maximum absolute atomic E-state index is 13.4. The summed E-state index contributed by atoms with van der Waals surface area (Å²) in [6.45, 7) is 1.69. The smallest absolute Gasteiger partial charge is 0.303 e. The molecule has 1 saturated carbocycles. The standard InChI is InChI=1S/C31H45FO9/c32-22-13-15-23(16-14-22)38-20-24(40-29-11-5-7-17-36-29)21-39-31-25(9-3-1-2-4-10-28(34)35)26(33)19-27(31)41-30-12-6-8-18-37-30/h1,3,13-16,24-27,29-31,33H,2,4-12,17-21H2,(H,34,35). The van der Waals surface area contributed by atoms with Crippen molar-refractivity contribution in [3.63, 3.8) is 0 Å². The van der Waals surface area contributed by atoms with Crippen molar-refractivity contribution >= 4 is 5.97 Å². The van der Waals surface area contributed by atoms with Crippen LogP contribution in [-0.4, -0.2) is 79.6 Å². The zero-order chi connectivity index (χ0) is 28.9. The van der Waals surface area contributed by atoms with Crippen LogP contribution in [0.4, 0.5) is 4.39 Å². The topological polar surface area (TPSA) is 113 Å². The monoisotopic (exact) mass is 580 g/mol. The Morgan fingerprint density at radius 3 is 2.44 bits per heavy atom. The first kappa shape index (κ1) is 31.8. The van der Waals surface area contributed by atoms with Crippen LogP contribution in [-0.2, 0) is 28.5 Å². The van der Waals surface area contributed by atoms with Crippen molar-refractivity contribution in [2.24, 2.45) is 5.92 Å². The molecule has 0 aromatic heterocycles. The molecule has 0 bridgehead atoms. The third-order valence-electron chi connectivity index (χ3n) is 7.76. The molecule has 9 nitrogen and oxygen atoms in total. The summed E-state index contributed by atoms with van der Waals surface area (Å²) >= 11 is 0. The molecule has 230 valence electrons. The summed E-state index contributed by atoms with van der Waals surface area (Å²) in [6, 6.07) is 5.84. The zero-order valence-corrected chi connectivity index (χ0v) is 23.7. The molecule has 3 aliphatic rings. The number of aliphatic hydroxyl groups excluding tert-OH is 1. The molecule has 1 aromatic carbocycles. The molecular weight excluding hydrogens is 535 g/mol. The van der Waals surface area contributed by atoms with Crippen molar-refractivity contribution < 1.29 is 47.8 Å². The Hall–Kier alpha value is -2.08. The van der Waals surface area contributed by atoms with E-state index in [4.69, 9.17) is 33.5 Å². The van der Waals surface area contributed by atoms with Gasteiger partial charge in [-0.1, -0.05) is 12.2 Å². The van der Waals surface area contributed by atoms with Crippen molar-refractivity contribution in [2.75, 3.05) is 26.4 Å². The molecule has 10 heteroatoms.